The van der Waals surface area contributed by atoms with Crippen molar-refractivity contribution < 1.29 is 14.3 Å². The second-order valence-corrected chi connectivity index (χ2v) is 3.07. The number of likely N-dealkylation sites (N-methyl/N-ethyl adjacent to an activating group) is 1. The second-order valence-electron chi connectivity index (χ2n) is 3.07. The van der Waals surface area contributed by atoms with E-state index in [0.717, 1.165) is 6.07 Å². The summed E-state index contributed by atoms with van der Waals surface area (Å²) in [5, 5.41) is 12.0. The molecule has 0 aliphatic heterocycles. The zero-order chi connectivity index (χ0) is 10.7. The van der Waals surface area contributed by atoms with Gasteiger partial charge in [0.25, 0.3) is 0 Å². The highest BCUT2D eigenvalue weighted by Gasteiger charge is 2.12. The van der Waals surface area contributed by atoms with Crippen LogP contribution in [-0.4, -0.2) is 24.5 Å². The van der Waals surface area contributed by atoms with Crippen LogP contribution < -0.4 is 5.32 Å². The first-order valence-electron chi connectivity index (χ1n) is 4.23. The Morgan fingerprint density at radius 3 is 2.79 bits per heavy atom. The quantitative estimate of drug-likeness (QED) is 0.717. The van der Waals surface area contributed by atoms with Crippen LogP contribution in [0.25, 0.3) is 0 Å². The molecule has 0 unspecified atom stereocenters. The van der Waals surface area contributed by atoms with Crippen LogP contribution in [0.3, 0.4) is 0 Å². The number of nitrogens with one attached hydrogen (secondary N) is 1. The highest BCUT2D eigenvalue weighted by Crippen LogP contribution is 2.21. The van der Waals surface area contributed by atoms with E-state index in [2.05, 4.69) is 5.32 Å². The van der Waals surface area contributed by atoms with Gasteiger partial charge in [-0.25, -0.2) is 4.39 Å². The summed E-state index contributed by atoms with van der Waals surface area (Å²) < 4.78 is 13.1. The van der Waals surface area contributed by atoms with Crippen LogP contribution in [0.1, 0.15) is 15.9 Å². The number of hydrogen-bond acceptors (Lipinski definition) is 3. The fraction of sp³-hybridized carbons (Fsp3) is 0.300. The lowest BCUT2D eigenvalue weighted by molar-refractivity contribution is 0.0990. The first-order valence-corrected chi connectivity index (χ1v) is 4.23. The minimum Gasteiger partial charge on any atom is -0.507 e. The Labute approximate surface area is 81.6 Å². The van der Waals surface area contributed by atoms with E-state index in [9.17, 15) is 14.3 Å². The maximum Gasteiger partial charge on any atom is 0.180 e. The predicted molar refractivity (Wildman–Crippen MR) is 51.1 cm³/mol. The molecule has 0 radical (unpaired) electrons. The number of phenols is 1. The van der Waals surface area contributed by atoms with Crippen molar-refractivity contribution in [1.29, 1.82) is 0 Å². The van der Waals surface area contributed by atoms with Gasteiger partial charge in [-0.05, 0) is 31.7 Å². The van der Waals surface area contributed by atoms with Crippen molar-refractivity contribution in [1.82, 2.24) is 5.32 Å². The Bertz CT molecular complexity index is 363. The molecule has 1 aromatic rings. The van der Waals surface area contributed by atoms with Crippen molar-refractivity contribution in [3.8, 4) is 5.75 Å². The molecule has 0 aliphatic carbocycles. The highest BCUT2D eigenvalue weighted by molar-refractivity contribution is 6.00. The summed E-state index contributed by atoms with van der Waals surface area (Å²) in [7, 11) is 1.61. The Hall–Kier alpha value is -1.42. The minimum absolute atomic E-state index is 0.0162. The maximum atomic E-state index is 13.1. The second kappa shape index (κ2) is 4.19. The Balaban J connectivity index is 3.09. The molecule has 1 aromatic carbocycles. The fourth-order valence-corrected chi connectivity index (χ4v) is 1.15. The van der Waals surface area contributed by atoms with E-state index < -0.39 is 5.82 Å². The molecule has 4 heteroatoms. The summed E-state index contributed by atoms with van der Waals surface area (Å²) in [6.07, 6.45) is 0. The highest BCUT2D eigenvalue weighted by atomic mass is 19.1. The van der Waals surface area contributed by atoms with E-state index >= 15 is 0 Å². The molecule has 14 heavy (non-hydrogen) atoms. The van der Waals surface area contributed by atoms with Gasteiger partial charge in [0.1, 0.15) is 11.6 Å². The van der Waals surface area contributed by atoms with Gasteiger partial charge < -0.3 is 10.4 Å². The first-order chi connectivity index (χ1) is 6.56. The number of rotatable bonds is 3. The summed E-state index contributed by atoms with van der Waals surface area (Å²) in [4.78, 5) is 11.3. The van der Waals surface area contributed by atoms with Crippen LogP contribution in [0.2, 0.25) is 0 Å². The maximum absolute atomic E-state index is 13.1. The van der Waals surface area contributed by atoms with E-state index in [1.54, 1.807) is 7.05 Å². The third kappa shape index (κ3) is 2.09. The molecule has 0 bridgehead atoms. The number of aromatic hydroxyl groups is 1. The van der Waals surface area contributed by atoms with E-state index in [-0.39, 0.29) is 23.6 Å². The molecule has 2 N–H and O–H groups in total. The Morgan fingerprint density at radius 2 is 2.21 bits per heavy atom. The Morgan fingerprint density at radius 1 is 1.57 bits per heavy atom. The van der Waals surface area contributed by atoms with Gasteiger partial charge in [0.05, 0.1) is 12.1 Å². The number of phenolic OH excluding ortho intramolecular Hbond substituents is 1. The fourth-order valence-electron chi connectivity index (χ4n) is 1.15. The number of carbonyl (C=O) groups excluding carboxylic acids is 1. The van der Waals surface area contributed by atoms with Crippen LogP contribution in [0, 0.1) is 12.7 Å². The van der Waals surface area contributed by atoms with Gasteiger partial charge in [0.15, 0.2) is 5.78 Å². The third-order valence-corrected chi connectivity index (χ3v) is 1.91. The molecule has 0 fully saturated rings. The predicted octanol–water partition coefficient (Wildman–Crippen LogP) is 1.24. The van der Waals surface area contributed by atoms with Gasteiger partial charge in [-0.15, -0.1) is 0 Å². The summed E-state index contributed by atoms with van der Waals surface area (Å²) >= 11 is 0. The lowest BCUT2D eigenvalue weighted by Crippen LogP contribution is -2.18. The van der Waals surface area contributed by atoms with Gasteiger partial charge in [-0.1, -0.05) is 0 Å². The summed E-state index contributed by atoms with van der Waals surface area (Å²) in [6, 6.07) is 2.31. The Kier molecular flexibility index (Phi) is 3.19. The zero-order valence-corrected chi connectivity index (χ0v) is 8.10. The van der Waals surface area contributed by atoms with Gasteiger partial charge in [0, 0.05) is 0 Å². The number of Topliss-reactive ketones (excluding diaryl/α,β-unsaturated/α-hetero) is 1. The first kappa shape index (κ1) is 10.7. The van der Waals surface area contributed by atoms with Crippen molar-refractivity contribution >= 4 is 5.78 Å². The molecule has 3 nitrogen and oxygen atoms in total. The van der Waals surface area contributed by atoms with E-state index in [1.807, 2.05) is 0 Å². The largest absolute Gasteiger partial charge is 0.507 e. The summed E-state index contributed by atoms with van der Waals surface area (Å²) in [5.41, 5.74) is 0.339. The molecule has 0 aliphatic rings. The molecule has 0 heterocycles. The lowest BCUT2D eigenvalue weighted by Gasteiger charge is -2.05. The van der Waals surface area contributed by atoms with E-state index in [0.29, 0.717) is 5.56 Å². The van der Waals surface area contributed by atoms with Gasteiger partial charge in [-0.2, -0.15) is 0 Å². The number of aryl methyl sites for hydroxylation is 1. The van der Waals surface area contributed by atoms with Gasteiger partial charge >= 0.3 is 0 Å². The molecule has 0 saturated heterocycles. The topological polar surface area (TPSA) is 49.3 Å². The number of hydrogen-bond donors (Lipinski definition) is 2. The number of carbonyl (C=O) groups is 1. The molecule has 0 spiro atoms. The van der Waals surface area contributed by atoms with Crippen LogP contribution in [0.5, 0.6) is 5.75 Å². The van der Waals surface area contributed by atoms with E-state index in [4.69, 9.17) is 0 Å². The standard InChI is InChI=1S/C10H12FNO2/c1-6-3-9(13)7(4-8(6)11)10(14)5-12-2/h3-4,12-13H,5H2,1-2H3. The van der Waals surface area contributed by atoms with Gasteiger partial charge in [-0.3, -0.25) is 4.79 Å². The smallest absolute Gasteiger partial charge is 0.180 e. The molecule has 0 saturated carbocycles. The minimum atomic E-state index is -0.484. The number of ketones is 1. The third-order valence-electron chi connectivity index (χ3n) is 1.91. The molecule has 1 rings (SSSR count). The molecular formula is C10H12FNO2. The van der Waals surface area contributed by atoms with E-state index in [1.165, 1.54) is 13.0 Å². The van der Waals surface area contributed by atoms with Gasteiger partial charge in [0.2, 0.25) is 0 Å². The summed E-state index contributed by atoms with van der Waals surface area (Å²) in [5.74, 6) is -0.990. The lowest BCUT2D eigenvalue weighted by atomic mass is 10.1. The SMILES string of the molecule is CNCC(=O)c1cc(F)c(C)cc1O. The molecule has 0 atom stereocenters. The molecule has 76 valence electrons. The average molecular weight is 197 g/mol. The van der Waals surface area contributed by atoms with Crippen molar-refractivity contribution in [3.05, 3.63) is 29.1 Å². The van der Waals surface area contributed by atoms with Crippen molar-refractivity contribution in [2.45, 2.75) is 6.92 Å². The van der Waals surface area contributed by atoms with Crippen LogP contribution in [0.15, 0.2) is 12.1 Å². The molecule has 0 amide bonds. The zero-order valence-electron chi connectivity index (χ0n) is 8.10. The monoisotopic (exact) mass is 197 g/mol. The molecule has 0 aromatic heterocycles. The molecular weight excluding hydrogens is 185 g/mol. The van der Waals surface area contributed by atoms with Crippen molar-refractivity contribution in [3.63, 3.8) is 0 Å². The van der Waals surface area contributed by atoms with Crippen molar-refractivity contribution in [2.24, 2.45) is 0 Å². The number of benzene rings is 1. The van der Waals surface area contributed by atoms with Crippen molar-refractivity contribution in [2.75, 3.05) is 13.6 Å². The average Bonchev–Trinajstić information content (AvgIpc) is 2.11. The van der Waals surface area contributed by atoms with Crippen LogP contribution >= 0.6 is 0 Å². The normalized spacial score (nSPS) is 10.2. The van der Waals surface area contributed by atoms with Crippen LogP contribution in [-0.2, 0) is 0 Å². The summed E-state index contributed by atoms with van der Waals surface area (Å²) in [6.45, 7) is 1.61. The van der Waals surface area contributed by atoms with Crippen LogP contribution in [0.4, 0.5) is 4.39 Å². The number of halogens is 1.